The van der Waals surface area contributed by atoms with Crippen LogP contribution < -0.4 is 4.74 Å². The molecule has 2 aliphatic rings. The molecule has 1 N–H and O–H groups in total. The van der Waals surface area contributed by atoms with Gasteiger partial charge in [0.25, 0.3) is 11.1 Å². The quantitative estimate of drug-likeness (QED) is 0.789. The van der Waals surface area contributed by atoms with Gasteiger partial charge in [-0.05, 0) is 23.9 Å². The lowest BCUT2D eigenvalue weighted by atomic mass is 10.1. The number of methoxy groups -OCH3 is 1. The third-order valence-corrected chi connectivity index (χ3v) is 4.97. The predicted molar refractivity (Wildman–Crippen MR) is 94.7 cm³/mol. The molecule has 0 spiro atoms. The number of ether oxygens (including phenoxy) is 2. The summed E-state index contributed by atoms with van der Waals surface area (Å²) in [7, 11) is 1.42. The lowest BCUT2D eigenvalue weighted by Gasteiger charge is -2.28. The average Bonchev–Trinajstić information content (AvgIpc) is 2.91. The Labute approximate surface area is 154 Å². The van der Waals surface area contributed by atoms with E-state index in [1.165, 1.54) is 13.2 Å². The number of benzene rings is 1. The van der Waals surface area contributed by atoms with E-state index in [1.54, 1.807) is 23.1 Å². The molecule has 0 bridgehead atoms. The zero-order valence-corrected chi connectivity index (χ0v) is 15.0. The second kappa shape index (κ2) is 7.79. The molecule has 2 aliphatic heterocycles. The van der Waals surface area contributed by atoms with Crippen LogP contribution >= 0.6 is 11.8 Å². The van der Waals surface area contributed by atoms with Crippen LogP contribution in [0.25, 0.3) is 6.08 Å². The molecule has 1 aromatic rings. The number of para-hydroxylation sites is 1. The number of phenolic OH excluding ortho intramolecular Hbond substituents is 1. The van der Waals surface area contributed by atoms with Gasteiger partial charge in [-0.3, -0.25) is 19.3 Å². The fourth-order valence-corrected chi connectivity index (χ4v) is 3.48. The van der Waals surface area contributed by atoms with Crippen molar-refractivity contribution >= 4 is 34.9 Å². The highest BCUT2D eigenvalue weighted by molar-refractivity contribution is 8.18. The summed E-state index contributed by atoms with van der Waals surface area (Å²) in [4.78, 5) is 39.6. The number of rotatable bonds is 4. The number of nitrogens with zero attached hydrogens (tertiary/aromatic N) is 2. The molecule has 0 radical (unpaired) electrons. The van der Waals surface area contributed by atoms with Gasteiger partial charge in [-0.2, -0.15) is 0 Å². The zero-order valence-electron chi connectivity index (χ0n) is 14.1. The van der Waals surface area contributed by atoms with E-state index in [9.17, 15) is 19.5 Å². The molecule has 0 atom stereocenters. The van der Waals surface area contributed by atoms with Crippen molar-refractivity contribution in [2.75, 3.05) is 40.0 Å². The van der Waals surface area contributed by atoms with Gasteiger partial charge < -0.3 is 19.5 Å². The van der Waals surface area contributed by atoms with Gasteiger partial charge >= 0.3 is 0 Å². The van der Waals surface area contributed by atoms with E-state index in [0.29, 0.717) is 31.9 Å². The van der Waals surface area contributed by atoms with Gasteiger partial charge in [0.05, 0.1) is 25.2 Å². The fourth-order valence-electron chi connectivity index (χ4n) is 2.65. The standard InChI is InChI=1S/C17H18N2O6S/c1-24-12-4-2-3-11(15(12)21)9-13-16(22)19(17(23)26-13)10-14(20)18-5-7-25-8-6-18/h2-4,9,21H,5-8,10H2,1H3/b13-9-. The van der Waals surface area contributed by atoms with Crippen molar-refractivity contribution in [3.8, 4) is 11.5 Å². The topological polar surface area (TPSA) is 96.4 Å². The van der Waals surface area contributed by atoms with Crippen LogP contribution in [0.5, 0.6) is 11.5 Å². The maximum atomic E-state index is 12.5. The number of carbonyl (C=O) groups excluding carboxylic acids is 3. The Kier molecular flexibility index (Phi) is 5.48. The number of phenols is 1. The molecule has 9 heteroatoms. The summed E-state index contributed by atoms with van der Waals surface area (Å²) in [5.74, 6) is -0.698. The molecule has 3 amide bonds. The predicted octanol–water partition coefficient (Wildman–Crippen LogP) is 1.30. The number of amides is 3. The lowest BCUT2D eigenvalue weighted by Crippen LogP contribution is -2.46. The summed E-state index contributed by atoms with van der Waals surface area (Å²) in [5, 5.41) is 9.61. The summed E-state index contributed by atoms with van der Waals surface area (Å²) < 4.78 is 10.2. The van der Waals surface area contributed by atoms with E-state index < -0.39 is 11.1 Å². The zero-order chi connectivity index (χ0) is 18.7. The number of thioether (sulfide) groups is 1. The first kappa shape index (κ1) is 18.3. The number of imide groups is 1. The molecule has 8 nitrogen and oxygen atoms in total. The number of hydrogen-bond acceptors (Lipinski definition) is 7. The van der Waals surface area contributed by atoms with Crippen LogP contribution in [-0.2, 0) is 14.3 Å². The molecule has 26 heavy (non-hydrogen) atoms. The van der Waals surface area contributed by atoms with Crippen LogP contribution in [0.15, 0.2) is 23.1 Å². The van der Waals surface area contributed by atoms with Gasteiger partial charge in [0.2, 0.25) is 5.91 Å². The minimum absolute atomic E-state index is 0.119. The normalized spacial score (nSPS) is 19.3. The van der Waals surface area contributed by atoms with Crippen molar-refractivity contribution in [2.45, 2.75) is 0 Å². The summed E-state index contributed by atoms with van der Waals surface area (Å²) in [6.45, 7) is 1.49. The first-order valence-corrected chi connectivity index (χ1v) is 8.79. The van der Waals surface area contributed by atoms with E-state index in [2.05, 4.69) is 0 Å². The van der Waals surface area contributed by atoms with Gasteiger partial charge in [-0.1, -0.05) is 12.1 Å². The van der Waals surface area contributed by atoms with Crippen LogP contribution in [0, 0.1) is 0 Å². The Bertz CT molecular complexity index is 773. The highest BCUT2D eigenvalue weighted by Gasteiger charge is 2.37. The second-order valence-corrected chi connectivity index (χ2v) is 6.65. The first-order chi connectivity index (χ1) is 12.5. The SMILES string of the molecule is COc1cccc(/C=C2\SC(=O)N(CC(=O)N3CCOCC3)C2=O)c1O. The molecule has 2 heterocycles. The number of aromatic hydroxyl groups is 1. The molecule has 0 saturated carbocycles. The molecule has 0 aromatic heterocycles. The van der Waals surface area contributed by atoms with Crippen LogP contribution in [-0.4, -0.2) is 71.9 Å². The van der Waals surface area contributed by atoms with Crippen LogP contribution in [0.2, 0.25) is 0 Å². The third kappa shape index (κ3) is 3.68. The maximum Gasteiger partial charge on any atom is 0.294 e. The summed E-state index contributed by atoms with van der Waals surface area (Å²) in [6, 6.07) is 4.85. The maximum absolute atomic E-state index is 12.5. The third-order valence-electron chi connectivity index (χ3n) is 4.07. The lowest BCUT2D eigenvalue weighted by molar-refractivity contribution is -0.139. The van der Waals surface area contributed by atoms with Crippen molar-refractivity contribution in [1.29, 1.82) is 0 Å². The molecule has 1 aromatic carbocycles. The first-order valence-electron chi connectivity index (χ1n) is 7.98. The van der Waals surface area contributed by atoms with Gasteiger partial charge in [-0.25, -0.2) is 0 Å². The molecule has 2 saturated heterocycles. The molecule has 2 fully saturated rings. The van der Waals surface area contributed by atoms with Crippen LogP contribution in [0.1, 0.15) is 5.56 Å². The monoisotopic (exact) mass is 378 g/mol. The Morgan fingerprint density at radius 3 is 2.77 bits per heavy atom. The highest BCUT2D eigenvalue weighted by Crippen LogP contribution is 2.36. The van der Waals surface area contributed by atoms with E-state index in [0.717, 1.165) is 16.7 Å². The van der Waals surface area contributed by atoms with E-state index in [-0.39, 0.29) is 28.9 Å². The average molecular weight is 378 g/mol. The molecular weight excluding hydrogens is 360 g/mol. The number of hydrogen-bond donors (Lipinski definition) is 1. The Balaban J connectivity index is 1.75. The summed E-state index contributed by atoms with van der Waals surface area (Å²) in [5.41, 5.74) is 0.356. The minimum atomic E-state index is -0.552. The minimum Gasteiger partial charge on any atom is -0.504 e. The number of morpholine rings is 1. The highest BCUT2D eigenvalue weighted by atomic mass is 32.2. The van der Waals surface area contributed by atoms with Gasteiger partial charge in [-0.15, -0.1) is 0 Å². The Morgan fingerprint density at radius 2 is 2.08 bits per heavy atom. The Morgan fingerprint density at radius 1 is 1.35 bits per heavy atom. The van der Waals surface area contributed by atoms with Crippen molar-refractivity contribution in [3.05, 3.63) is 28.7 Å². The molecule has 0 aliphatic carbocycles. The van der Waals surface area contributed by atoms with Crippen molar-refractivity contribution in [2.24, 2.45) is 0 Å². The molecule has 3 rings (SSSR count). The fraction of sp³-hybridized carbons (Fsp3) is 0.353. The van der Waals surface area contributed by atoms with Crippen LogP contribution in [0.3, 0.4) is 0 Å². The molecular formula is C17H18N2O6S. The van der Waals surface area contributed by atoms with Crippen LogP contribution in [0.4, 0.5) is 4.79 Å². The van der Waals surface area contributed by atoms with Crippen molar-refractivity contribution < 1.29 is 29.0 Å². The van der Waals surface area contributed by atoms with Crippen molar-refractivity contribution in [3.63, 3.8) is 0 Å². The number of carbonyl (C=O) groups is 3. The van der Waals surface area contributed by atoms with Crippen molar-refractivity contribution in [1.82, 2.24) is 9.80 Å². The molecule has 0 unspecified atom stereocenters. The van der Waals surface area contributed by atoms with Gasteiger partial charge in [0.15, 0.2) is 11.5 Å². The van der Waals surface area contributed by atoms with E-state index >= 15 is 0 Å². The van der Waals surface area contributed by atoms with E-state index in [4.69, 9.17) is 9.47 Å². The van der Waals surface area contributed by atoms with Gasteiger partial charge in [0, 0.05) is 18.7 Å². The summed E-state index contributed by atoms with van der Waals surface area (Å²) >= 11 is 0.739. The Hall–Kier alpha value is -2.52. The van der Waals surface area contributed by atoms with E-state index in [1.807, 2.05) is 0 Å². The van der Waals surface area contributed by atoms with Gasteiger partial charge in [0.1, 0.15) is 6.54 Å². The second-order valence-electron chi connectivity index (χ2n) is 5.66. The summed E-state index contributed by atoms with van der Waals surface area (Å²) in [6.07, 6.45) is 1.42. The smallest absolute Gasteiger partial charge is 0.294 e. The largest absolute Gasteiger partial charge is 0.504 e. The molecule has 138 valence electrons.